The summed E-state index contributed by atoms with van der Waals surface area (Å²) in [6.07, 6.45) is 0.397. The van der Waals surface area contributed by atoms with E-state index in [1.807, 2.05) is 0 Å². The molecule has 1 unspecified atom stereocenters. The van der Waals surface area contributed by atoms with Gasteiger partial charge in [-0.3, -0.25) is 19.3 Å². The fraction of sp³-hybridized carbons (Fsp3) is 0.450. The maximum absolute atomic E-state index is 13.1. The third-order valence-corrected chi connectivity index (χ3v) is 6.74. The number of carbonyl (C=O) groups is 5. The van der Waals surface area contributed by atoms with Crippen molar-refractivity contribution in [3.63, 3.8) is 0 Å². The number of aliphatic hydroxyl groups excluding tert-OH is 1. The van der Waals surface area contributed by atoms with Gasteiger partial charge in [0.2, 0.25) is 13.0 Å². The predicted molar refractivity (Wildman–Crippen MR) is 127 cm³/mol. The lowest BCUT2D eigenvalue weighted by atomic mass is 10.0. The standard InChI is InChI=1S/C20H23N5O9S2/c1-20(2,3)34-11(28)5-33-24-12(10-7-36-19(22-10)21-8-27)15(29)23-13-16(30)25-14(18(31)32)9(4-26)6-35-17(13)25/h7-8,13,17,26H,4-6H2,1-3H3,(H,23,29)(H,31,32)(H,21,22,27)/t13?,17-/m1/s1. The predicted octanol–water partition coefficient (Wildman–Crippen LogP) is -0.495. The van der Waals surface area contributed by atoms with E-state index in [1.165, 1.54) is 17.1 Å². The summed E-state index contributed by atoms with van der Waals surface area (Å²) in [4.78, 5) is 70.1. The molecule has 1 aromatic heterocycles. The van der Waals surface area contributed by atoms with Gasteiger partial charge in [-0.2, -0.15) is 0 Å². The highest BCUT2D eigenvalue weighted by Gasteiger charge is 2.54. The molecule has 16 heteroatoms. The summed E-state index contributed by atoms with van der Waals surface area (Å²) < 4.78 is 5.11. The highest BCUT2D eigenvalue weighted by atomic mass is 32.2. The number of thioether (sulfide) groups is 1. The van der Waals surface area contributed by atoms with E-state index < -0.39 is 54.0 Å². The maximum atomic E-state index is 13.1. The van der Waals surface area contributed by atoms with Gasteiger partial charge in [0.05, 0.1) is 6.61 Å². The minimum absolute atomic E-state index is 0.000322. The van der Waals surface area contributed by atoms with Crippen LogP contribution in [0.4, 0.5) is 5.13 Å². The number of carboxylic acids is 1. The Morgan fingerprint density at radius 2 is 2.08 bits per heavy atom. The number of carboxylic acid groups (broad SMARTS) is 1. The Labute approximate surface area is 212 Å². The van der Waals surface area contributed by atoms with Crippen LogP contribution in [0.25, 0.3) is 0 Å². The van der Waals surface area contributed by atoms with Gasteiger partial charge in [-0.1, -0.05) is 5.16 Å². The molecule has 3 heterocycles. The van der Waals surface area contributed by atoms with Crippen molar-refractivity contribution in [2.24, 2.45) is 5.16 Å². The number of oxime groups is 1. The van der Waals surface area contributed by atoms with Crippen LogP contribution in [-0.2, 0) is 33.5 Å². The van der Waals surface area contributed by atoms with Gasteiger partial charge in [-0.25, -0.2) is 14.6 Å². The molecule has 3 amide bonds. The summed E-state index contributed by atoms with van der Waals surface area (Å²) in [5, 5.41) is 28.3. The summed E-state index contributed by atoms with van der Waals surface area (Å²) in [6.45, 7) is 3.87. The number of nitrogens with zero attached hydrogens (tertiary/aromatic N) is 3. The summed E-state index contributed by atoms with van der Waals surface area (Å²) in [6, 6.07) is -1.08. The van der Waals surface area contributed by atoms with Gasteiger partial charge in [-0.05, 0) is 26.3 Å². The number of aromatic nitrogens is 1. The minimum Gasteiger partial charge on any atom is -0.477 e. The van der Waals surface area contributed by atoms with Crippen molar-refractivity contribution in [1.82, 2.24) is 15.2 Å². The third kappa shape index (κ3) is 6.00. The number of carbonyl (C=O) groups excluding carboxylic acids is 4. The normalized spacial score (nSPS) is 19.7. The van der Waals surface area contributed by atoms with Gasteiger partial charge in [0.1, 0.15) is 28.4 Å². The zero-order valence-electron chi connectivity index (χ0n) is 19.3. The summed E-state index contributed by atoms with van der Waals surface area (Å²) in [5.41, 5.74) is -1.26. The number of hydrogen-bond donors (Lipinski definition) is 4. The van der Waals surface area contributed by atoms with Gasteiger partial charge in [-0.15, -0.1) is 23.1 Å². The van der Waals surface area contributed by atoms with E-state index >= 15 is 0 Å². The van der Waals surface area contributed by atoms with Crippen LogP contribution < -0.4 is 10.6 Å². The average molecular weight is 542 g/mol. The molecule has 2 aliphatic rings. The second-order valence-electron chi connectivity index (χ2n) is 8.38. The van der Waals surface area contributed by atoms with E-state index in [0.29, 0.717) is 6.41 Å². The smallest absolute Gasteiger partial charge is 0.352 e. The SMILES string of the molecule is CC(C)(C)OC(=O)CON=C(C(=O)NC1C(=O)N2C(C(=O)O)=C(CO)CS[C@H]12)c1csc(NC=O)n1. The van der Waals surface area contributed by atoms with E-state index in [4.69, 9.17) is 9.57 Å². The second-order valence-corrected chi connectivity index (χ2v) is 10.3. The van der Waals surface area contributed by atoms with Crippen LogP contribution in [0, 0.1) is 0 Å². The van der Waals surface area contributed by atoms with E-state index in [0.717, 1.165) is 16.2 Å². The topological polar surface area (TPSA) is 197 Å². The molecule has 0 bridgehead atoms. The average Bonchev–Trinajstić information content (AvgIpc) is 3.26. The Morgan fingerprint density at radius 3 is 2.69 bits per heavy atom. The second kappa shape index (κ2) is 11.0. The molecule has 36 heavy (non-hydrogen) atoms. The molecule has 14 nitrogen and oxygen atoms in total. The zero-order chi connectivity index (χ0) is 26.6. The number of aliphatic carboxylic acids is 1. The number of rotatable bonds is 10. The summed E-state index contributed by atoms with van der Waals surface area (Å²) in [7, 11) is 0. The van der Waals surface area contributed by atoms with Gasteiger partial charge in [0, 0.05) is 11.1 Å². The first-order valence-electron chi connectivity index (χ1n) is 10.4. The van der Waals surface area contributed by atoms with Crippen LogP contribution in [0.15, 0.2) is 21.8 Å². The monoisotopic (exact) mass is 541 g/mol. The lowest BCUT2D eigenvalue weighted by Gasteiger charge is -2.49. The van der Waals surface area contributed by atoms with E-state index in [9.17, 15) is 34.2 Å². The molecule has 1 aromatic rings. The number of ether oxygens (including phenoxy) is 1. The first-order chi connectivity index (χ1) is 17.0. The van der Waals surface area contributed by atoms with Crippen molar-refractivity contribution in [2.75, 3.05) is 24.3 Å². The van der Waals surface area contributed by atoms with Crippen molar-refractivity contribution in [1.29, 1.82) is 0 Å². The van der Waals surface area contributed by atoms with E-state index in [-0.39, 0.29) is 33.6 Å². The largest absolute Gasteiger partial charge is 0.477 e. The van der Waals surface area contributed by atoms with Gasteiger partial charge < -0.3 is 30.4 Å². The van der Waals surface area contributed by atoms with Crippen molar-refractivity contribution in [3.05, 3.63) is 22.3 Å². The van der Waals surface area contributed by atoms with E-state index in [2.05, 4.69) is 20.8 Å². The number of β-lactam (4-membered cyclic amide) rings is 1. The Morgan fingerprint density at radius 1 is 1.36 bits per heavy atom. The van der Waals surface area contributed by atoms with Crippen molar-refractivity contribution in [3.8, 4) is 0 Å². The number of anilines is 1. The van der Waals surface area contributed by atoms with Gasteiger partial charge in [0.15, 0.2) is 10.8 Å². The molecule has 0 radical (unpaired) electrons. The summed E-state index contributed by atoms with van der Waals surface area (Å²) >= 11 is 2.18. The highest BCUT2D eigenvalue weighted by molar-refractivity contribution is 8.00. The number of nitrogens with one attached hydrogen (secondary N) is 2. The van der Waals surface area contributed by atoms with E-state index in [1.54, 1.807) is 20.8 Å². The van der Waals surface area contributed by atoms with Crippen LogP contribution in [0.1, 0.15) is 26.5 Å². The van der Waals surface area contributed by atoms with Crippen molar-refractivity contribution < 1.29 is 43.8 Å². The van der Waals surface area contributed by atoms with Gasteiger partial charge >= 0.3 is 11.9 Å². The molecule has 0 spiro atoms. The number of thiazole rings is 1. The Bertz CT molecular complexity index is 1140. The highest BCUT2D eigenvalue weighted by Crippen LogP contribution is 2.40. The molecule has 3 rings (SSSR count). The molecule has 4 N–H and O–H groups in total. The molecule has 194 valence electrons. The molecule has 2 atom stereocenters. The quantitative estimate of drug-likeness (QED) is 0.0980. The number of amides is 3. The molecular weight excluding hydrogens is 518 g/mol. The molecular formula is C20H23N5O9S2. The number of hydrogen-bond acceptors (Lipinski definition) is 12. The molecule has 1 saturated heterocycles. The maximum Gasteiger partial charge on any atom is 0.352 e. The summed E-state index contributed by atoms with van der Waals surface area (Å²) in [5.74, 6) is -3.50. The molecule has 0 saturated carbocycles. The fourth-order valence-electron chi connectivity index (χ4n) is 3.24. The lowest BCUT2D eigenvalue weighted by Crippen LogP contribution is -2.71. The molecule has 0 aliphatic carbocycles. The van der Waals surface area contributed by atoms with Crippen LogP contribution in [0.3, 0.4) is 0 Å². The van der Waals surface area contributed by atoms with Crippen molar-refractivity contribution >= 4 is 64.1 Å². The van der Waals surface area contributed by atoms with Crippen LogP contribution in [0.5, 0.6) is 0 Å². The number of aliphatic hydroxyl groups is 1. The first kappa shape index (κ1) is 27.1. The Kier molecular flexibility index (Phi) is 8.31. The van der Waals surface area contributed by atoms with Crippen LogP contribution in [-0.4, -0.2) is 92.0 Å². The molecule has 1 fully saturated rings. The first-order valence-corrected chi connectivity index (χ1v) is 12.3. The molecule has 2 aliphatic heterocycles. The van der Waals surface area contributed by atoms with Gasteiger partial charge in [0.25, 0.3) is 11.8 Å². The Balaban J connectivity index is 1.78. The number of fused-ring (bicyclic) bond motifs is 1. The fourth-order valence-corrected chi connectivity index (χ4v) is 5.23. The van der Waals surface area contributed by atoms with Crippen LogP contribution in [0.2, 0.25) is 0 Å². The molecule has 0 aromatic carbocycles. The lowest BCUT2D eigenvalue weighted by molar-refractivity contribution is -0.160. The zero-order valence-corrected chi connectivity index (χ0v) is 21.0. The minimum atomic E-state index is -1.36. The number of esters is 1. The van der Waals surface area contributed by atoms with Crippen LogP contribution >= 0.6 is 23.1 Å². The Hall–Kier alpha value is -3.50. The van der Waals surface area contributed by atoms with Crippen molar-refractivity contribution in [2.45, 2.75) is 37.8 Å². The third-order valence-electron chi connectivity index (χ3n) is 4.63.